The maximum Gasteiger partial charge on any atom is 0.285 e. The van der Waals surface area contributed by atoms with Crippen LogP contribution in [0.3, 0.4) is 0 Å². The molecule has 0 aliphatic heterocycles. The van der Waals surface area contributed by atoms with E-state index in [1.54, 1.807) is 12.1 Å². The van der Waals surface area contributed by atoms with Gasteiger partial charge in [-0.15, -0.1) is 0 Å². The summed E-state index contributed by atoms with van der Waals surface area (Å²) in [6.45, 7) is 6.90. The molecule has 0 fully saturated rings. The first kappa shape index (κ1) is 14.6. The van der Waals surface area contributed by atoms with Gasteiger partial charge in [-0.2, -0.15) is 0 Å². The minimum atomic E-state index is -0.567. The molecule has 2 aromatic rings. The number of benzene rings is 2. The molecule has 0 aliphatic rings. The minimum absolute atomic E-state index is 0.0545. The Hall–Kier alpha value is -2.82. The number of hydrogen-bond acceptors (Lipinski definition) is 3. The predicted molar refractivity (Wildman–Crippen MR) is 73.4 cm³/mol. The highest BCUT2D eigenvalue weighted by atomic mass is 19.1. The molecule has 0 aromatic heterocycles. The highest BCUT2D eigenvalue weighted by Gasteiger charge is 2.09. The molecular formula is C16H12F2O3. The summed E-state index contributed by atoms with van der Waals surface area (Å²) in [6, 6.07) is 11.5. The number of hydrogen-bond donors (Lipinski definition) is 0. The lowest BCUT2D eigenvalue weighted by Gasteiger charge is -2.13. The van der Waals surface area contributed by atoms with Crippen LogP contribution in [-0.2, 0) is 4.74 Å². The molecule has 5 heteroatoms. The largest absolute Gasteiger partial charge is 0.423 e. The zero-order valence-electron chi connectivity index (χ0n) is 11.0. The van der Waals surface area contributed by atoms with Crippen LogP contribution in [0.4, 0.5) is 8.78 Å². The Kier molecular flexibility index (Phi) is 4.56. The zero-order valence-corrected chi connectivity index (χ0v) is 11.0. The molecule has 0 N–H and O–H groups in total. The van der Waals surface area contributed by atoms with E-state index >= 15 is 0 Å². The van der Waals surface area contributed by atoms with Crippen LogP contribution >= 0.6 is 0 Å². The van der Waals surface area contributed by atoms with Crippen LogP contribution in [0.5, 0.6) is 11.5 Å². The van der Waals surface area contributed by atoms with Gasteiger partial charge in [0, 0.05) is 0 Å². The van der Waals surface area contributed by atoms with Crippen LogP contribution in [-0.4, -0.2) is 0 Å². The second kappa shape index (κ2) is 6.56. The number of para-hydroxylation sites is 2. The molecule has 2 rings (SSSR count). The molecule has 21 heavy (non-hydrogen) atoms. The summed E-state index contributed by atoms with van der Waals surface area (Å²) in [6.07, 6.45) is 0. The summed E-state index contributed by atoms with van der Waals surface area (Å²) < 4.78 is 41.8. The standard InChI is InChI=1S/C16H12F2O3/c1-11(20-15-9-5-3-7-13(15)17)19-12(2)21-16-10-6-4-8-14(16)18/h3-10H,1-2H2. The van der Waals surface area contributed by atoms with Crippen molar-refractivity contribution in [1.29, 1.82) is 0 Å². The topological polar surface area (TPSA) is 27.7 Å². The van der Waals surface area contributed by atoms with Gasteiger partial charge in [0.2, 0.25) is 0 Å². The number of halogens is 2. The molecule has 0 spiro atoms. The Balaban J connectivity index is 1.93. The van der Waals surface area contributed by atoms with Crippen LogP contribution in [0.25, 0.3) is 0 Å². The molecule has 0 saturated heterocycles. The van der Waals surface area contributed by atoms with E-state index in [0.29, 0.717) is 0 Å². The molecule has 0 saturated carbocycles. The maximum absolute atomic E-state index is 13.4. The van der Waals surface area contributed by atoms with E-state index < -0.39 is 11.6 Å². The molecule has 2 aromatic carbocycles. The van der Waals surface area contributed by atoms with Gasteiger partial charge in [0.1, 0.15) is 0 Å². The van der Waals surface area contributed by atoms with Crippen LogP contribution in [0, 0.1) is 11.6 Å². The van der Waals surface area contributed by atoms with Gasteiger partial charge in [0.15, 0.2) is 23.1 Å². The fourth-order valence-corrected chi connectivity index (χ4v) is 1.47. The summed E-state index contributed by atoms with van der Waals surface area (Å²) in [5.41, 5.74) is 0. The average Bonchev–Trinajstić information content (AvgIpc) is 2.44. The lowest BCUT2D eigenvalue weighted by atomic mass is 10.3. The molecule has 3 nitrogen and oxygen atoms in total. The Morgan fingerprint density at radius 3 is 1.48 bits per heavy atom. The van der Waals surface area contributed by atoms with Crippen LogP contribution in [0.15, 0.2) is 73.6 Å². The van der Waals surface area contributed by atoms with Crippen molar-refractivity contribution in [3.8, 4) is 11.5 Å². The van der Waals surface area contributed by atoms with E-state index in [2.05, 4.69) is 13.2 Å². The SMILES string of the molecule is C=C(OC(=C)Oc1ccccc1F)Oc1ccccc1F. The second-order valence-corrected chi connectivity index (χ2v) is 3.91. The molecule has 0 amide bonds. The van der Waals surface area contributed by atoms with Gasteiger partial charge in [-0.05, 0) is 37.4 Å². The van der Waals surface area contributed by atoms with E-state index in [0.717, 1.165) is 0 Å². The first-order valence-electron chi connectivity index (χ1n) is 5.96. The van der Waals surface area contributed by atoms with Crippen LogP contribution < -0.4 is 9.47 Å². The van der Waals surface area contributed by atoms with Crippen molar-refractivity contribution in [2.45, 2.75) is 0 Å². The van der Waals surface area contributed by atoms with Crippen molar-refractivity contribution in [2.75, 3.05) is 0 Å². The van der Waals surface area contributed by atoms with E-state index in [9.17, 15) is 8.78 Å². The summed E-state index contributed by atoms with van der Waals surface area (Å²) in [4.78, 5) is 0. The van der Waals surface area contributed by atoms with E-state index in [1.165, 1.54) is 36.4 Å². The number of rotatable bonds is 6. The van der Waals surface area contributed by atoms with Gasteiger partial charge in [0.25, 0.3) is 11.9 Å². The third-order valence-electron chi connectivity index (χ3n) is 2.35. The monoisotopic (exact) mass is 290 g/mol. The van der Waals surface area contributed by atoms with E-state index in [1.807, 2.05) is 0 Å². The zero-order chi connectivity index (χ0) is 15.2. The van der Waals surface area contributed by atoms with Crippen molar-refractivity contribution >= 4 is 0 Å². The third-order valence-corrected chi connectivity index (χ3v) is 2.35. The Morgan fingerprint density at radius 2 is 1.10 bits per heavy atom. The molecule has 0 aliphatic carbocycles. The Labute approximate surface area is 120 Å². The molecule has 0 atom stereocenters. The summed E-state index contributed by atoms with van der Waals surface area (Å²) >= 11 is 0. The van der Waals surface area contributed by atoms with Gasteiger partial charge < -0.3 is 14.2 Å². The van der Waals surface area contributed by atoms with Crippen molar-refractivity contribution in [2.24, 2.45) is 0 Å². The summed E-state index contributed by atoms with van der Waals surface area (Å²) in [7, 11) is 0. The number of ether oxygens (including phenoxy) is 3. The summed E-state index contributed by atoms with van der Waals surface area (Å²) in [5.74, 6) is -1.74. The smallest absolute Gasteiger partial charge is 0.285 e. The highest BCUT2D eigenvalue weighted by molar-refractivity contribution is 5.26. The van der Waals surface area contributed by atoms with Crippen LogP contribution in [0.1, 0.15) is 0 Å². The van der Waals surface area contributed by atoms with Crippen molar-refractivity contribution < 1.29 is 23.0 Å². The molecule has 108 valence electrons. The molecular weight excluding hydrogens is 278 g/mol. The normalized spacial score (nSPS) is 9.81. The van der Waals surface area contributed by atoms with E-state index in [4.69, 9.17) is 14.2 Å². The maximum atomic E-state index is 13.4. The van der Waals surface area contributed by atoms with Crippen LogP contribution in [0.2, 0.25) is 0 Å². The van der Waals surface area contributed by atoms with Gasteiger partial charge in [-0.25, -0.2) is 8.78 Å². The quantitative estimate of drug-likeness (QED) is 0.739. The second-order valence-electron chi connectivity index (χ2n) is 3.91. The van der Waals surface area contributed by atoms with Crippen molar-refractivity contribution in [3.05, 3.63) is 85.2 Å². The van der Waals surface area contributed by atoms with Crippen molar-refractivity contribution in [3.63, 3.8) is 0 Å². The van der Waals surface area contributed by atoms with E-state index in [-0.39, 0.29) is 23.4 Å². The van der Waals surface area contributed by atoms with Crippen molar-refractivity contribution in [1.82, 2.24) is 0 Å². The summed E-state index contributed by atoms with van der Waals surface area (Å²) in [5, 5.41) is 0. The third kappa shape index (κ3) is 4.07. The highest BCUT2D eigenvalue weighted by Crippen LogP contribution is 2.21. The molecule has 0 bridgehead atoms. The van der Waals surface area contributed by atoms with Gasteiger partial charge in [0.05, 0.1) is 0 Å². The van der Waals surface area contributed by atoms with Gasteiger partial charge >= 0.3 is 0 Å². The first-order valence-corrected chi connectivity index (χ1v) is 5.96. The molecule has 0 unspecified atom stereocenters. The molecule has 0 heterocycles. The van der Waals surface area contributed by atoms with Gasteiger partial charge in [-0.3, -0.25) is 0 Å². The van der Waals surface area contributed by atoms with Gasteiger partial charge in [-0.1, -0.05) is 24.3 Å². The first-order chi connectivity index (χ1) is 10.1. The predicted octanol–water partition coefficient (Wildman–Crippen LogP) is 4.38. The Bertz CT molecular complexity index is 611. The molecule has 0 radical (unpaired) electrons. The Morgan fingerprint density at radius 1 is 0.714 bits per heavy atom. The minimum Gasteiger partial charge on any atom is -0.423 e. The fourth-order valence-electron chi connectivity index (χ4n) is 1.47. The average molecular weight is 290 g/mol. The lowest BCUT2D eigenvalue weighted by molar-refractivity contribution is 0.0880. The fraction of sp³-hybridized carbons (Fsp3) is 0. The lowest BCUT2D eigenvalue weighted by Crippen LogP contribution is -2.05.